The van der Waals surface area contributed by atoms with Crippen LogP contribution in [0.5, 0.6) is 0 Å². The van der Waals surface area contributed by atoms with Crippen LogP contribution < -0.4 is 10.2 Å². The molecule has 1 aliphatic heterocycles. The minimum atomic E-state index is -0.748. The zero-order valence-corrected chi connectivity index (χ0v) is 17.4. The number of carbonyl (C=O) groups excluding carboxylic acids is 3. The summed E-state index contributed by atoms with van der Waals surface area (Å²) in [5.74, 6) is -1.33. The van der Waals surface area contributed by atoms with E-state index in [-0.39, 0.29) is 5.57 Å². The maximum atomic E-state index is 13.1. The summed E-state index contributed by atoms with van der Waals surface area (Å²) in [7, 11) is 0. The van der Waals surface area contributed by atoms with Crippen molar-refractivity contribution in [3.8, 4) is 0 Å². The summed E-state index contributed by atoms with van der Waals surface area (Å²) in [5.41, 5.74) is 5.62. The number of aryl methyl sites for hydroxylation is 2. The summed E-state index contributed by atoms with van der Waals surface area (Å²) in [6.45, 7) is 4.12. The number of nitrogens with one attached hydrogen (secondary N) is 1. The van der Waals surface area contributed by atoms with Gasteiger partial charge in [-0.3, -0.25) is 14.9 Å². The fourth-order valence-corrected chi connectivity index (χ4v) is 3.85. The van der Waals surface area contributed by atoms with Gasteiger partial charge in [0, 0.05) is 0 Å². The molecule has 1 fully saturated rings. The molecule has 0 aliphatic carbocycles. The molecule has 5 nitrogen and oxygen atoms in total. The van der Waals surface area contributed by atoms with Gasteiger partial charge in [-0.05, 0) is 55.2 Å². The topological polar surface area (TPSA) is 66.5 Å². The molecule has 31 heavy (non-hydrogen) atoms. The molecule has 0 bridgehead atoms. The van der Waals surface area contributed by atoms with Crippen molar-refractivity contribution in [1.82, 2.24) is 5.32 Å². The summed E-state index contributed by atoms with van der Waals surface area (Å²) in [5, 5.41) is 2.27. The predicted molar refractivity (Wildman–Crippen MR) is 121 cm³/mol. The van der Waals surface area contributed by atoms with Crippen molar-refractivity contribution in [2.45, 2.75) is 20.3 Å². The molecule has 154 valence electrons. The number of amides is 4. The van der Waals surface area contributed by atoms with E-state index in [0.717, 1.165) is 21.6 Å². The van der Waals surface area contributed by atoms with Gasteiger partial charge in [-0.25, -0.2) is 9.69 Å². The molecule has 1 heterocycles. The third-order valence-electron chi connectivity index (χ3n) is 5.15. The van der Waals surface area contributed by atoms with Gasteiger partial charge in [-0.2, -0.15) is 0 Å². The van der Waals surface area contributed by atoms with Crippen LogP contribution in [0.4, 0.5) is 10.5 Å². The second-order valence-electron chi connectivity index (χ2n) is 7.66. The van der Waals surface area contributed by atoms with E-state index in [1.807, 2.05) is 24.3 Å². The monoisotopic (exact) mass is 410 g/mol. The first-order chi connectivity index (χ1) is 14.9. The average Bonchev–Trinajstić information content (AvgIpc) is 2.72. The Kier molecular flexibility index (Phi) is 5.50. The van der Waals surface area contributed by atoms with Gasteiger partial charge in [0.2, 0.25) is 0 Å². The molecule has 0 spiro atoms. The molecule has 1 saturated heterocycles. The second-order valence-corrected chi connectivity index (χ2v) is 7.66. The Morgan fingerprint density at radius 2 is 1.48 bits per heavy atom. The number of hydrogen-bond acceptors (Lipinski definition) is 3. The van der Waals surface area contributed by atoms with E-state index in [1.165, 1.54) is 11.1 Å². The molecule has 3 aromatic carbocycles. The predicted octanol–water partition coefficient (Wildman–Crippen LogP) is 4.56. The lowest BCUT2D eigenvalue weighted by Crippen LogP contribution is -2.54. The summed E-state index contributed by atoms with van der Waals surface area (Å²) >= 11 is 0. The lowest BCUT2D eigenvalue weighted by molar-refractivity contribution is -0.122. The number of imide groups is 2. The maximum absolute atomic E-state index is 13.1. The minimum absolute atomic E-state index is 0.0728. The SMILES string of the molecule is Cc1cc(C)cc(Cc2ccccc2/C=C2\C(=O)NC(=O)N(c3ccccc3)C2=O)c1. The number of barbiturate groups is 1. The van der Waals surface area contributed by atoms with Crippen LogP contribution >= 0.6 is 0 Å². The first kappa shape index (κ1) is 20.3. The molecule has 1 N–H and O–H groups in total. The Bertz CT molecular complexity index is 1190. The Morgan fingerprint density at radius 1 is 0.839 bits per heavy atom. The van der Waals surface area contributed by atoms with Gasteiger partial charge in [0.25, 0.3) is 11.8 Å². The van der Waals surface area contributed by atoms with Crippen LogP contribution in [0.15, 0.2) is 78.4 Å². The first-order valence-corrected chi connectivity index (χ1v) is 10.0. The molecule has 1 aliphatic rings. The minimum Gasteiger partial charge on any atom is -0.273 e. The molecule has 3 aromatic rings. The molecule has 0 atom stereocenters. The van der Waals surface area contributed by atoms with E-state index in [4.69, 9.17) is 0 Å². The van der Waals surface area contributed by atoms with Gasteiger partial charge >= 0.3 is 6.03 Å². The molecule has 4 rings (SSSR count). The summed E-state index contributed by atoms with van der Waals surface area (Å²) in [6.07, 6.45) is 2.23. The van der Waals surface area contributed by atoms with E-state index in [0.29, 0.717) is 12.1 Å². The number of nitrogens with zero attached hydrogens (tertiary/aromatic N) is 1. The fourth-order valence-electron chi connectivity index (χ4n) is 3.85. The van der Waals surface area contributed by atoms with Gasteiger partial charge in [-0.15, -0.1) is 0 Å². The highest BCUT2D eigenvalue weighted by atomic mass is 16.2. The molecule has 0 aromatic heterocycles. The lowest BCUT2D eigenvalue weighted by atomic mass is 9.95. The Hall–Kier alpha value is -3.99. The van der Waals surface area contributed by atoms with E-state index >= 15 is 0 Å². The number of urea groups is 1. The highest BCUT2D eigenvalue weighted by molar-refractivity contribution is 6.39. The highest BCUT2D eigenvalue weighted by Gasteiger charge is 2.36. The Labute approximate surface area is 181 Å². The number of anilines is 1. The molecule has 0 saturated carbocycles. The fraction of sp³-hybridized carbons (Fsp3) is 0.115. The van der Waals surface area contributed by atoms with E-state index in [9.17, 15) is 14.4 Å². The average molecular weight is 410 g/mol. The number of para-hydroxylation sites is 1. The van der Waals surface area contributed by atoms with Crippen molar-refractivity contribution in [1.29, 1.82) is 0 Å². The number of benzene rings is 3. The third kappa shape index (κ3) is 4.31. The molecule has 0 radical (unpaired) electrons. The van der Waals surface area contributed by atoms with Gasteiger partial charge in [0.05, 0.1) is 5.69 Å². The van der Waals surface area contributed by atoms with Gasteiger partial charge in [-0.1, -0.05) is 71.8 Å². The van der Waals surface area contributed by atoms with Crippen molar-refractivity contribution in [3.63, 3.8) is 0 Å². The summed E-state index contributed by atoms with van der Waals surface area (Å²) in [4.78, 5) is 38.9. The van der Waals surface area contributed by atoms with E-state index in [1.54, 1.807) is 36.4 Å². The summed E-state index contributed by atoms with van der Waals surface area (Å²) in [6, 6.07) is 21.8. The van der Waals surface area contributed by atoms with Crippen molar-refractivity contribution in [3.05, 3.63) is 106 Å². The molecule has 4 amide bonds. The van der Waals surface area contributed by atoms with E-state index in [2.05, 4.69) is 37.4 Å². The van der Waals surface area contributed by atoms with Gasteiger partial charge in [0.15, 0.2) is 0 Å². The lowest BCUT2D eigenvalue weighted by Gasteiger charge is -2.26. The molecule has 0 unspecified atom stereocenters. The normalized spacial score (nSPS) is 15.4. The van der Waals surface area contributed by atoms with E-state index < -0.39 is 17.8 Å². The smallest absolute Gasteiger partial charge is 0.273 e. The zero-order valence-electron chi connectivity index (χ0n) is 17.4. The van der Waals surface area contributed by atoms with Crippen LogP contribution in [-0.2, 0) is 16.0 Å². The van der Waals surface area contributed by atoms with Crippen LogP contribution in [0, 0.1) is 13.8 Å². The van der Waals surface area contributed by atoms with Gasteiger partial charge in [0.1, 0.15) is 5.57 Å². The standard InChI is InChI=1S/C26H22N2O3/c1-17-12-18(2)14-19(13-17)15-20-8-6-7-9-21(20)16-23-24(29)27-26(31)28(25(23)30)22-10-4-3-5-11-22/h3-14,16H,15H2,1-2H3,(H,27,29,31)/b23-16+. The molecular weight excluding hydrogens is 388 g/mol. The quantitative estimate of drug-likeness (QED) is 0.506. The molecular formula is C26H22N2O3. The Morgan fingerprint density at radius 3 is 2.19 bits per heavy atom. The highest BCUT2D eigenvalue weighted by Crippen LogP contribution is 2.24. The van der Waals surface area contributed by atoms with Crippen molar-refractivity contribution < 1.29 is 14.4 Å². The van der Waals surface area contributed by atoms with Crippen LogP contribution in [0.1, 0.15) is 27.8 Å². The second kappa shape index (κ2) is 8.40. The number of hydrogen-bond donors (Lipinski definition) is 1. The first-order valence-electron chi connectivity index (χ1n) is 10.0. The molecule has 5 heteroatoms. The third-order valence-corrected chi connectivity index (χ3v) is 5.15. The van der Waals surface area contributed by atoms with Crippen molar-refractivity contribution in [2.24, 2.45) is 0 Å². The largest absolute Gasteiger partial charge is 0.335 e. The van der Waals surface area contributed by atoms with Crippen LogP contribution in [0.25, 0.3) is 6.08 Å². The van der Waals surface area contributed by atoms with Crippen LogP contribution in [0.3, 0.4) is 0 Å². The van der Waals surface area contributed by atoms with Crippen molar-refractivity contribution >= 4 is 29.6 Å². The zero-order chi connectivity index (χ0) is 22.0. The van der Waals surface area contributed by atoms with Gasteiger partial charge < -0.3 is 0 Å². The Balaban J connectivity index is 1.71. The van der Waals surface area contributed by atoms with Crippen molar-refractivity contribution in [2.75, 3.05) is 4.90 Å². The maximum Gasteiger partial charge on any atom is 0.335 e. The number of rotatable bonds is 4. The number of carbonyl (C=O) groups is 3. The van der Waals surface area contributed by atoms with Crippen LogP contribution in [0.2, 0.25) is 0 Å². The summed E-state index contributed by atoms with van der Waals surface area (Å²) < 4.78 is 0. The van der Waals surface area contributed by atoms with Crippen LogP contribution in [-0.4, -0.2) is 17.8 Å².